The van der Waals surface area contributed by atoms with Crippen molar-refractivity contribution in [2.24, 2.45) is 7.05 Å². The Kier molecular flexibility index (Phi) is 3.97. The lowest BCUT2D eigenvalue weighted by Crippen LogP contribution is -2.08. The van der Waals surface area contributed by atoms with E-state index in [1.165, 1.54) is 11.1 Å². The number of halogens is 1. The summed E-state index contributed by atoms with van der Waals surface area (Å²) in [6, 6.07) is 8.31. The molecule has 3 rings (SSSR count). The van der Waals surface area contributed by atoms with Gasteiger partial charge in [-0.15, -0.1) is 11.6 Å². The van der Waals surface area contributed by atoms with Crippen molar-refractivity contribution in [3.8, 4) is 0 Å². The van der Waals surface area contributed by atoms with Crippen molar-refractivity contribution in [2.45, 2.75) is 26.3 Å². The molecule has 0 N–H and O–H groups in total. The van der Waals surface area contributed by atoms with Crippen LogP contribution in [0.5, 0.6) is 0 Å². The highest BCUT2D eigenvalue weighted by Gasteiger charge is 2.12. The minimum atomic E-state index is 0.589. The molecule has 4 nitrogen and oxygen atoms in total. The third-order valence-electron chi connectivity index (χ3n) is 3.73. The number of nitrogens with zero attached hydrogens (tertiary/aromatic N) is 4. The molecular formula is C16H19ClN4. The maximum atomic E-state index is 5.93. The third kappa shape index (κ3) is 2.81. The second kappa shape index (κ2) is 5.90. The van der Waals surface area contributed by atoms with E-state index in [9.17, 15) is 0 Å². The van der Waals surface area contributed by atoms with Crippen molar-refractivity contribution in [1.29, 1.82) is 0 Å². The Morgan fingerprint density at radius 2 is 2.05 bits per heavy atom. The predicted octanol–water partition coefficient (Wildman–Crippen LogP) is 3.10. The summed E-state index contributed by atoms with van der Waals surface area (Å²) in [5.74, 6) is 1.65. The van der Waals surface area contributed by atoms with E-state index in [4.69, 9.17) is 16.6 Å². The molecular weight excluding hydrogens is 284 g/mol. The number of para-hydroxylation sites is 1. The molecule has 0 aliphatic rings. The van der Waals surface area contributed by atoms with Gasteiger partial charge in [0.2, 0.25) is 0 Å². The number of alkyl halides is 1. The Morgan fingerprint density at radius 1 is 1.19 bits per heavy atom. The molecule has 0 unspecified atom stereocenters. The number of fused-ring (bicyclic) bond motifs is 1. The minimum Gasteiger partial charge on any atom is -0.327 e. The van der Waals surface area contributed by atoms with Crippen molar-refractivity contribution < 1.29 is 0 Å². The lowest BCUT2D eigenvalue weighted by atomic mass is 10.2. The molecule has 2 aromatic heterocycles. The van der Waals surface area contributed by atoms with E-state index in [-0.39, 0.29) is 0 Å². The van der Waals surface area contributed by atoms with E-state index >= 15 is 0 Å². The predicted molar refractivity (Wildman–Crippen MR) is 85.8 cm³/mol. The second-order valence-electron chi connectivity index (χ2n) is 5.29. The van der Waals surface area contributed by atoms with Crippen LogP contribution in [0.3, 0.4) is 0 Å². The van der Waals surface area contributed by atoms with Crippen molar-refractivity contribution in [3.05, 3.63) is 47.5 Å². The highest BCUT2D eigenvalue weighted by molar-refractivity contribution is 6.17. The van der Waals surface area contributed by atoms with E-state index in [2.05, 4.69) is 40.9 Å². The molecule has 0 fully saturated rings. The largest absolute Gasteiger partial charge is 0.327 e. The van der Waals surface area contributed by atoms with Crippen molar-refractivity contribution in [3.63, 3.8) is 0 Å². The summed E-state index contributed by atoms with van der Waals surface area (Å²) < 4.78 is 4.13. The zero-order valence-electron chi connectivity index (χ0n) is 12.4. The number of aryl methyl sites for hydroxylation is 5. The molecule has 110 valence electrons. The van der Waals surface area contributed by atoms with Crippen LogP contribution in [0.2, 0.25) is 0 Å². The monoisotopic (exact) mass is 302 g/mol. The lowest BCUT2D eigenvalue weighted by molar-refractivity contribution is 0.650. The van der Waals surface area contributed by atoms with Gasteiger partial charge in [0.1, 0.15) is 5.82 Å². The Hall–Kier alpha value is -1.81. The van der Waals surface area contributed by atoms with Crippen LogP contribution in [0.1, 0.15) is 17.1 Å². The van der Waals surface area contributed by atoms with Crippen molar-refractivity contribution in [1.82, 2.24) is 19.3 Å². The fourth-order valence-electron chi connectivity index (χ4n) is 2.75. The summed E-state index contributed by atoms with van der Waals surface area (Å²) in [7, 11) is 1.94. The van der Waals surface area contributed by atoms with Crippen molar-refractivity contribution in [2.75, 3.05) is 5.88 Å². The van der Waals surface area contributed by atoms with Crippen LogP contribution in [0.4, 0.5) is 0 Å². The summed E-state index contributed by atoms with van der Waals surface area (Å²) in [6.07, 6.45) is 3.67. The maximum absolute atomic E-state index is 5.93. The smallest absolute Gasteiger partial charge is 0.111 e. The van der Waals surface area contributed by atoms with E-state index in [1.54, 1.807) is 0 Å². The van der Waals surface area contributed by atoms with Crippen LogP contribution in [0, 0.1) is 6.92 Å². The van der Waals surface area contributed by atoms with E-state index < -0.39 is 0 Å². The van der Waals surface area contributed by atoms with Crippen LogP contribution in [-0.4, -0.2) is 25.2 Å². The van der Waals surface area contributed by atoms with Gasteiger partial charge in [-0.2, -0.15) is 5.10 Å². The van der Waals surface area contributed by atoms with Gasteiger partial charge in [-0.3, -0.25) is 4.68 Å². The van der Waals surface area contributed by atoms with Crippen molar-refractivity contribution >= 4 is 22.6 Å². The number of rotatable bonds is 5. The van der Waals surface area contributed by atoms with Crippen LogP contribution in [0.15, 0.2) is 30.5 Å². The number of hydrogen-bond acceptors (Lipinski definition) is 2. The molecule has 0 atom stereocenters. The molecule has 0 amide bonds. The normalized spacial score (nSPS) is 11.4. The van der Waals surface area contributed by atoms with Crippen LogP contribution in [0.25, 0.3) is 11.0 Å². The first kappa shape index (κ1) is 14.1. The molecule has 21 heavy (non-hydrogen) atoms. The Labute approximate surface area is 129 Å². The summed E-state index contributed by atoms with van der Waals surface area (Å²) in [4.78, 5) is 4.73. The molecule has 0 saturated carbocycles. The summed E-state index contributed by atoms with van der Waals surface area (Å²) in [5, 5.41) is 4.45. The first-order valence-corrected chi connectivity index (χ1v) is 7.71. The van der Waals surface area contributed by atoms with Gasteiger partial charge in [0.15, 0.2) is 0 Å². The van der Waals surface area contributed by atoms with Gasteiger partial charge in [0.25, 0.3) is 0 Å². The summed E-state index contributed by atoms with van der Waals surface area (Å²) in [6.45, 7) is 3.01. The van der Waals surface area contributed by atoms with Crippen LogP contribution < -0.4 is 0 Å². The standard InChI is InChI=1S/C16H19ClN4/c1-12-4-3-5-14-16(12)21(15(18-14)6-9-17)11-8-13-7-10-20(2)19-13/h3-5,7,10H,6,8-9,11H2,1-2H3. The topological polar surface area (TPSA) is 35.6 Å². The molecule has 5 heteroatoms. The zero-order valence-corrected chi connectivity index (χ0v) is 13.1. The first-order chi connectivity index (χ1) is 10.2. The van der Waals surface area contributed by atoms with Gasteiger partial charge in [0.05, 0.1) is 16.7 Å². The second-order valence-corrected chi connectivity index (χ2v) is 5.67. The highest BCUT2D eigenvalue weighted by Crippen LogP contribution is 2.21. The summed E-state index contributed by atoms with van der Waals surface area (Å²) in [5.41, 5.74) is 4.62. The average molecular weight is 303 g/mol. The molecule has 0 aliphatic carbocycles. The Balaban J connectivity index is 1.96. The van der Waals surface area contributed by atoms with Crippen LogP contribution >= 0.6 is 11.6 Å². The molecule has 0 bridgehead atoms. The number of imidazole rings is 1. The van der Waals surface area contributed by atoms with E-state index in [0.29, 0.717) is 5.88 Å². The molecule has 0 radical (unpaired) electrons. The first-order valence-electron chi connectivity index (χ1n) is 7.18. The Morgan fingerprint density at radius 3 is 2.76 bits per heavy atom. The molecule has 0 spiro atoms. The van der Waals surface area contributed by atoms with Gasteiger partial charge in [-0.05, 0) is 24.6 Å². The molecule has 0 aliphatic heterocycles. The SMILES string of the molecule is Cc1cccc2nc(CCCl)n(CCc3ccn(C)n3)c12. The van der Waals surface area contributed by atoms with Gasteiger partial charge >= 0.3 is 0 Å². The molecule has 3 aromatic rings. The van der Waals surface area contributed by atoms with Gasteiger partial charge in [0, 0.05) is 38.5 Å². The molecule has 0 saturated heterocycles. The number of benzene rings is 1. The van der Waals surface area contributed by atoms with Gasteiger partial charge < -0.3 is 4.57 Å². The highest BCUT2D eigenvalue weighted by atomic mass is 35.5. The molecule has 1 aromatic carbocycles. The number of aromatic nitrogens is 4. The quantitative estimate of drug-likeness (QED) is 0.679. The minimum absolute atomic E-state index is 0.589. The van der Waals surface area contributed by atoms with Gasteiger partial charge in [-0.1, -0.05) is 12.1 Å². The Bertz CT molecular complexity index is 757. The molecule has 2 heterocycles. The lowest BCUT2D eigenvalue weighted by Gasteiger charge is -2.09. The van der Waals surface area contributed by atoms with E-state index in [1.807, 2.05) is 17.9 Å². The third-order valence-corrected chi connectivity index (χ3v) is 3.91. The fraction of sp³-hybridized carbons (Fsp3) is 0.375. The van der Waals surface area contributed by atoms with E-state index in [0.717, 1.165) is 36.4 Å². The number of hydrogen-bond donors (Lipinski definition) is 0. The fourth-order valence-corrected chi connectivity index (χ4v) is 2.92. The average Bonchev–Trinajstić information content (AvgIpc) is 3.01. The zero-order chi connectivity index (χ0) is 14.8. The van der Waals surface area contributed by atoms with Gasteiger partial charge in [-0.25, -0.2) is 4.98 Å². The summed E-state index contributed by atoms with van der Waals surface area (Å²) >= 11 is 5.93. The van der Waals surface area contributed by atoms with Crippen LogP contribution in [-0.2, 0) is 26.4 Å². The maximum Gasteiger partial charge on any atom is 0.111 e.